The van der Waals surface area contributed by atoms with Crippen LogP contribution in [0.5, 0.6) is 5.75 Å². The molecule has 4 heteroatoms. The predicted octanol–water partition coefficient (Wildman–Crippen LogP) is 1.10. The summed E-state index contributed by atoms with van der Waals surface area (Å²) in [5.74, 6) is -0.823. The van der Waals surface area contributed by atoms with Crippen LogP contribution < -0.4 is 5.32 Å². The summed E-state index contributed by atoms with van der Waals surface area (Å²) in [7, 11) is 0. The van der Waals surface area contributed by atoms with Crippen molar-refractivity contribution < 1.29 is 14.3 Å². The van der Waals surface area contributed by atoms with Crippen molar-refractivity contribution >= 4 is 12.1 Å². The van der Waals surface area contributed by atoms with Crippen LogP contribution in [0.25, 0.3) is 0 Å². The summed E-state index contributed by atoms with van der Waals surface area (Å²) < 4.78 is 12.3. The van der Waals surface area contributed by atoms with Crippen molar-refractivity contribution in [2.24, 2.45) is 0 Å². The third-order valence-electron chi connectivity index (χ3n) is 1.17. The fourth-order valence-corrected chi connectivity index (χ4v) is 0.690. The molecule has 0 aromatic heterocycles. The molecule has 0 spiro atoms. The number of carbonyl (C=O) groups excluding carboxylic acids is 1. The average molecular weight is 155 g/mol. The molecule has 58 valence electrons. The van der Waals surface area contributed by atoms with Crippen LogP contribution in [0.1, 0.15) is 0 Å². The fraction of sp³-hybridized carbons (Fsp3) is 0. The van der Waals surface area contributed by atoms with Gasteiger partial charge in [0.05, 0.1) is 5.69 Å². The molecule has 3 nitrogen and oxygen atoms in total. The van der Waals surface area contributed by atoms with Gasteiger partial charge in [-0.15, -0.1) is 0 Å². The molecule has 11 heavy (non-hydrogen) atoms. The normalized spacial score (nSPS) is 9.18. The molecule has 0 saturated heterocycles. The molecule has 1 aromatic rings. The van der Waals surface area contributed by atoms with Crippen molar-refractivity contribution in [1.82, 2.24) is 0 Å². The molecule has 0 saturated carbocycles. The molecule has 1 amide bonds. The van der Waals surface area contributed by atoms with Crippen molar-refractivity contribution in [2.75, 3.05) is 5.32 Å². The van der Waals surface area contributed by atoms with Gasteiger partial charge in [0.15, 0.2) is 0 Å². The Bertz CT molecular complexity index is 275. The highest BCUT2D eigenvalue weighted by molar-refractivity contribution is 5.74. The van der Waals surface area contributed by atoms with Gasteiger partial charge in [-0.05, 0) is 12.1 Å². The maximum absolute atomic E-state index is 12.3. The Hall–Kier alpha value is -1.58. The van der Waals surface area contributed by atoms with Crippen LogP contribution in [0.15, 0.2) is 18.2 Å². The van der Waals surface area contributed by atoms with E-state index in [9.17, 15) is 9.18 Å². The molecule has 0 fully saturated rings. The summed E-state index contributed by atoms with van der Waals surface area (Å²) in [6, 6.07) is 3.34. The minimum Gasteiger partial charge on any atom is -0.506 e. The second kappa shape index (κ2) is 3.01. The van der Waals surface area contributed by atoms with Gasteiger partial charge in [-0.2, -0.15) is 0 Å². The first-order valence-electron chi connectivity index (χ1n) is 2.93. The Morgan fingerprint density at radius 3 is 2.82 bits per heavy atom. The van der Waals surface area contributed by atoms with E-state index in [4.69, 9.17) is 5.11 Å². The smallest absolute Gasteiger partial charge is 0.211 e. The third-order valence-corrected chi connectivity index (χ3v) is 1.17. The molecule has 0 aliphatic heterocycles. The van der Waals surface area contributed by atoms with E-state index in [0.29, 0.717) is 6.41 Å². The topological polar surface area (TPSA) is 49.3 Å². The molecule has 0 radical (unpaired) electrons. The number of carbonyl (C=O) groups is 1. The van der Waals surface area contributed by atoms with Gasteiger partial charge in [-0.1, -0.05) is 0 Å². The van der Waals surface area contributed by atoms with Crippen molar-refractivity contribution in [1.29, 1.82) is 0 Å². The number of phenols is 1. The number of phenolic OH excluding ortho intramolecular Hbond substituents is 1. The zero-order valence-electron chi connectivity index (χ0n) is 5.54. The molecule has 0 aliphatic rings. The Labute approximate surface area is 62.5 Å². The standard InChI is InChI=1S/C7H6FNO2/c8-5-1-2-6(9-4-10)7(11)3-5/h1-4,11H,(H,9,10). The maximum Gasteiger partial charge on any atom is 0.211 e. The number of halogens is 1. The maximum atomic E-state index is 12.3. The Morgan fingerprint density at radius 2 is 2.27 bits per heavy atom. The molecule has 1 rings (SSSR count). The number of rotatable bonds is 2. The van der Waals surface area contributed by atoms with Crippen LogP contribution in [0.3, 0.4) is 0 Å². The van der Waals surface area contributed by atoms with Crippen molar-refractivity contribution in [3.05, 3.63) is 24.0 Å². The van der Waals surface area contributed by atoms with Crippen LogP contribution in [0.2, 0.25) is 0 Å². The van der Waals surface area contributed by atoms with Gasteiger partial charge in [0, 0.05) is 6.07 Å². The zero-order valence-corrected chi connectivity index (χ0v) is 5.54. The highest BCUT2D eigenvalue weighted by Crippen LogP contribution is 2.22. The Kier molecular flexibility index (Phi) is 2.06. The molecule has 0 heterocycles. The number of nitrogens with one attached hydrogen (secondary N) is 1. The fourth-order valence-electron chi connectivity index (χ4n) is 0.690. The van der Waals surface area contributed by atoms with Crippen LogP contribution in [-0.2, 0) is 4.79 Å². The number of amides is 1. The molecule has 0 atom stereocenters. The van der Waals surface area contributed by atoms with Gasteiger partial charge in [0.2, 0.25) is 6.41 Å². The second-order valence-electron chi connectivity index (χ2n) is 1.92. The number of benzene rings is 1. The number of anilines is 1. The van der Waals surface area contributed by atoms with Crippen LogP contribution in [0, 0.1) is 5.82 Å². The highest BCUT2D eigenvalue weighted by Gasteiger charge is 1.99. The van der Waals surface area contributed by atoms with E-state index < -0.39 is 5.82 Å². The molecule has 2 N–H and O–H groups in total. The summed E-state index contributed by atoms with van der Waals surface area (Å²) in [5, 5.41) is 11.2. The second-order valence-corrected chi connectivity index (χ2v) is 1.92. The molecular weight excluding hydrogens is 149 g/mol. The first-order valence-corrected chi connectivity index (χ1v) is 2.93. The van der Waals surface area contributed by atoms with Gasteiger partial charge in [0.25, 0.3) is 0 Å². The molecule has 0 bridgehead atoms. The third kappa shape index (κ3) is 1.67. The van der Waals surface area contributed by atoms with E-state index in [1.54, 1.807) is 0 Å². The van der Waals surface area contributed by atoms with E-state index in [2.05, 4.69) is 5.32 Å². The van der Waals surface area contributed by atoms with Crippen LogP contribution in [0.4, 0.5) is 10.1 Å². The largest absolute Gasteiger partial charge is 0.506 e. The molecule has 1 aromatic carbocycles. The van der Waals surface area contributed by atoms with Gasteiger partial charge in [-0.3, -0.25) is 4.79 Å². The van der Waals surface area contributed by atoms with Gasteiger partial charge >= 0.3 is 0 Å². The number of hydrogen-bond acceptors (Lipinski definition) is 2. The van der Waals surface area contributed by atoms with E-state index in [-0.39, 0.29) is 11.4 Å². The van der Waals surface area contributed by atoms with Crippen molar-refractivity contribution in [3.8, 4) is 5.75 Å². The van der Waals surface area contributed by atoms with Gasteiger partial charge in [0.1, 0.15) is 11.6 Å². The first-order chi connectivity index (χ1) is 5.24. The average Bonchev–Trinajstić information content (AvgIpc) is 1.95. The van der Waals surface area contributed by atoms with E-state index in [1.807, 2.05) is 0 Å². The molecule has 0 aliphatic carbocycles. The monoisotopic (exact) mass is 155 g/mol. The molecule has 0 unspecified atom stereocenters. The summed E-state index contributed by atoms with van der Waals surface area (Å²) in [5.41, 5.74) is 0.196. The lowest BCUT2D eigenvalue weighted by Gasteiger charge is -2.00. The van der Waals surface area contributed by atoms with E-state index in [0.717, 1.165) is 12.1 Å². The van der Waals surface area contributed by atoms with E-state index >= 15 is 0 Å². The highest BCUT2D eigenvalue weighted by atomic mass is 19.1. The molecular formula is C7H6FNO2. The number of hydrogen-bond donors (Lipinski definition) is 2. The lowest BCUT2D eigenvalue weighted by atomic mass is 10.3. The first kappa shape index (κ1) is 7.53. The Morgan fingerprint density at radius 1 is 1.55 bits per heavy atom. The van der Waals surface area contributed by atoms with Crippen molar-refractivity contribution in [3.63, 3.8) is 0 Å². The summed E-state index contributed by atoms with van der Waals surface area (Å²) in [4.78, 5) is 9.90. The van der Waals surface area contributed by atoms with E-state index in [1.165, 1.54) is 6.07 Å². The zero-order chi connectivity index (χ0) is 8.27. The summed E-state index contributed by atoms with van der Waals surface area (Å²) >= 11 is 0. The van der Waals surface area contributed by atoms with Gasteiger partial charge in [-0.25, -0.2) is 4.39 Å². The predicted molar refractivity (Wildman–Crippen MR) is 37.8 cm³/mol. The van der Waals surface area contributed by atoms with Gasteiger partial charge < -0.3 is 10.4 Å². The SMILES string of the molecule is O=CNc1ccc(F)cc1O. The quantitative estimate of drug-likeness (QED) is 0.496. The lowest BCUT2D eigenvalue weighted by molar-refractivity contribution is -0.105. The number of aromatic hydroxyl groups is 1. The summed E-state index contributed by atoms with van der Waals surface area (Å²) in [6.45, 7) is 0. The minimum absolute atomic E-state index is 0.196. The summed E-state index contributed by atoms with van der Waals surface area (Å²) in [6.07, 6.45) is 0.410. The van der Waals surface area contributed by atoms with Crippen LogP contribution >= 0.6 is 0 Å². The Balaban J connectivity index is 2.98. The van der Waals surface area contributed by atoms with Crippen LogP contribution in [-0.4, -0.2) is 11.5 Å². The minimum atomic E-state index is -0.543. The van der Waals surface area contributed by atoms with Crippen molar-refractivity contribution in [2.45, 2.75) is 0 Å². The lowest BCUT2D eigenvalue weighted by Crippen LogP contribution is -1.93.